The fraction of sp³-hybridized carbons (Fsp3) is 0.316. The Bertz CT molecular complexity index is 619. The molecule has 0 unspecified atom stereocenters. The SMILES string of the molecule is COCCOCCC(=O)NCc1ccccc1Sc1ccccc1. The topological polar surface area (TPSA) is 47.6 Å². The van der Waals surface area contributed by atoms with Gasteiger partial charge in [0.15, 0.2) is 0 Å². The van der Waals surface area contributed by atoms with E-state index in [2.05, 4.69) is 23.5 Å². The van der Waals surface area contributed by atoms with Crippen LogP contribution in [-0.2, 0) is 20.8 Å². The van der Waals surface area contributed by atoms with Gasteiger partial charge in [0.05, 0.1) is 19.8 Å². The zero-order valence-corrected chi connectivity index (χ0v) is 14.7. The lowest BCUT2D eigenvalue weighted by molar-refractivity contribution is -0.122. The molecule has 0 fully saturated rings. The molecule has 0 saturated heterocycles. The van der Waals surface area contributed by atoms with Gasteiger partial charge in [-0.25, -0.2) is 0 Å². The molecule has 128 valence electrons. The van der Waals surface area contributed by atoms with Crippen LogP contribution in [0.4, 0.5) is 0 Å². The van der Waals surface area contributed by atoms with Gasteiger partial charge in [-0.15, -0.1) is 0 Å². The minimum Gasteiger partial charge on any atom is -0.382 e. The summed E-state index contributed by atoms with van der Waals surface area (Å²) in [5.74, 6) is -0.00747. The average Bonchev–Trinajstić information content (AvgIpc) is 2.62. The zero-order valence-electron chi connectivity index (χ0n) is 13.9. The Labute approximate surface area is 147 Å². The van der Waals surface area contributed by atoms with E-state index in [0.717, 1.165) is 10.5 Å². The van der Waals surface area contributed by atoms with Gasteiger partial charge in [0.1, 0.15) is 0 Å². The second kappa shape index (κ2) is 10.9. The lowest BCUT2D eigenvalue weighted by atomic mass is 10.2. The number of hydrogen-bond donors (Lipinski definition) is 1. The number of benzene rings is 2. The van der Waals surface area contributed by atoms with E-state index in [4.69, 9.17) is 9.47 Å². The third-order valence-electron chi connectivity index (χ3n) is 3.32. The van der Waals surface area contributed by atoms with Gasteiger partial charge < -0.3 is 14.8 Å². The summed E-state index contributed by atoms with van der Waals surface area (Å²) in [5.41, 5.74) is 1.11. The van der Waals surface area contributed by atoms with Crippen molar-refractivity contribution in [2.75, 3.05) is 26.9 Å². The summed E-state index contributed by atoms with van der Waals surface area (Å²) in [4.78, 5) is 14.2. The average molecular weight is 345 g/mol. The minimum absolute atomic E-state index is 0.00747. The van der Waals surface area contributed by atoms with Gasteiger partial charge in [0.2, 0.25) is 5.91 Å². The minimum atomic E-state index is -0.00747. The number of nitrogens with one attached hydrogen (secondary N) is 1. The van der Waals surface area contributed by atoms with Crippen LogP contribution < -0.4 is 5.32 Å². The Hall–Kier alpha value is -1.82. The molecule has 0 aliphatic heterocycles. The number of amides is 1. The molecule has 0 spiro atoms. The van der Waals surface area contributed by atoms with E-state index in [1.807, 2.05) is 36.4 Å². The van der Waals surface area contributed by atoms with Crippen LogP contribution in [0.3, 0.4) is 0 Å². The summed E-state index contributed by atoms with van der Waals surface area (Å²) < 4.78 is 10.2. The van der Waals surface area contributed by atoms with E-state index in [0.29, 0.717) is 32.8 Å². The molecule has 2 rings (SSSR count). The molecule has 0 aromatic heterocycles. The van der Waals surface area contributed by atoms with Crippen LogP contribution in [0, 0.1) is 0 Å². The van der Waals surface area contributed by atoms with E-state index in [-0.39, 0.29) is 5.91 Å². The predicted molar refractivity (Wildman–Crippen MR) is 96.2 cm³/mol. The fourth-order valence-corrected chi connectivity index (χ4v) is 3.02. The maximum absolute atomic E-state index is 11.9. The van der Waals surface area contributed by atoms with E-state index in [1.165, 1.54) is 4.90 Å². The normalized spacial score (nSPS) is 10.5. The van der Waals surface area contributed by atoms with Gasteiger partial charge in [-0.05, 0) is 23.8 Å². The molecule has 0 atom stereocenters. The molecule has 1 N–H and O–H groups in total. The molecule has 0 heterocycles. The number of rotatable bonds is 10. The fourth-order valence-electron chi connectivity index (χ4n) is 2.06. The zero-order chi connectivity index (χ0) is 17.0. The molecule has 0 aliphatic rings. The second-order valence-electron chi connectivity index (χ2n) is 5.15. The Morgan fingerprint density at radius 1 is 1.00 bits per heavy atom. The molecule has 5 heteroatoms. The van der Waals surface area contributed by atoms with Crippen molar-refractivity contribution in [2.45, 2.75) is 22.8 Å². The summed E-state index contributed by atoms with van der Waals surface area (Å²) in [5, 5.41) is 2.95. The van der Waals surface area contributed by atoms with Crippen molar-refractivity contribution in [3.05, 3.63) is 60.2 Å². The van der Waals surface area contributed by atoms with Gasteiger partial charge in [0.25, 0.3) is 0 Å². The highest BCUT2D eigenvalue weighted by atomic mass is 32.2. The van der Waals surface area contributed by atoms with Crippen molar-refractivity contribution in [2.24, 2.45) is 0 Å². The molecule has 2 aromatic carbocycles. The quantitative estimate of drug-likeness (QED) is 0.670. The third-order valence-corrected chi connectivity index (χ3v) is 4.45. The molecular formula is C19H23NO3S. The summed E-state index contributed by atoms with van der Waals surface area (Å²) in [6.45, 7) is 1.99. The highest BCUT2D eigenvalue weighted by molar-refractivity contribution is 7.99. The molecule has 0 aliphatic carbocycles. The van der Waals surface area contributed by atoms with E-state index in [9.17, 15) is 4.79 Å². The van der Waals surface area contributed by atoms with Crippen LogP contribution in [0.5, 0.6) is 0 Å². The van der Waals surface area contributed by atoms with Crippen molar-refractivity contribution in [1.29, 1.82) is 0 Å². The van der Waals surface area contributed by atoms with E-state index >= 15 is 0 Å². The molecule has 2 aromatic rings. The monoisotopic (exact) mass is 345 g/mol. The first-order valence-electron chi connectivity index (χ1n) is 7.94. The van der Waals surface area contributed by atoms with Crippen LogP contribution in [-0.4, -0.2) is 32.8 Å². The summed E-state index contributed by atoms with van der Waals surface area (Å²) >= 11 is 1.70. The van der Waals surface area contributed by atoms with Crippen molar-refractivity contribution in [3.8, 4) is 0 Å². The number of hydrogen-bond acceptors (Lipinski definition) is 4. The molecule has 0 bridgehead atoms. The molecule has 0 radical (unpaired) electrons. The molecule has 24 heavy (non-hydrogen) atoms. The maximum atomic E-state index is 11.9. The van der Waals surface area contributed by atoms with E-state index < -0.39 is 0 Å². The van der Waals surface area contributed by atoms with Gasteiger partial charge >= 0.3 is 0 Å². The van der Waals surface area contributed by atoms with Gasteiger partial charge in [-0.3, -0.25) is 4.79 Å². The second-order valence-corrected chi connectivity index (χ2v) is 6.27. The Balaban J connectivity index is 1.81. The molecule has 4 nitrogen and oxygen atoms in total. The predicted octanol–water partition coefficient (Wildman–Crippen LogP) is 3.51. The first kappa shape index (κ1) is 18.5. The highest BCUT2D eigenvalue weighted by Crippen LogP contribution is 2.30. The van der Waals surface area contributed by atoms with Crippen molar-refractivity contribution >= 4 is 17.7 Å². The van der Waals surface area contributed by atoms with Gasteiger partial charge in [-0.2, -0.15) is 0 Å². The molecular weight excluding hydrogens is 322 g/mol. The first-order valence-corrected chi connectivity index (χ1v) is 8.75. The standard InChI is InChI=1S/C19H23NO3S/c1-22-13-14-23-12-11-19(21)20-15-16-7-5-6-10-18(16)24-17-8-3-2-4-9-17/h2-10H,11-15H2,1H3,(H,20,21). The number of carbonyl (C=O) groups is 1. The number of ether oxygens (including phenoxy) is 2. The van der Waals surface area contributed by atoms with Gasteiger partial charge in [0, 0.05) is 29.9 Å². The summed E-state index contributed by atoms with van der Waals surface area (Å²) in [6.07, 6.45) is 0.359. The van der Waals surface area contributed by atoms with Crippen LogP contribution in [0.2, 0.25) is 0 Å². The van der Waals surface area contributed by atoms with Crippen LogP contribution in [0.25, 0.3) is 0 Å². The maximum Gasteiger partial charge on any atom is 0.222 e. The van der Waals surface area contributed by atoms with Gasteiger partial charge in [-0.1, -0.05) is 48.2 Å². The first-order chi connectivity index (χ1) is 11.8. The Kier molecular flexibility index (Phi) is 8.38. The smallest absolute Gasteiger partial charge is 0.222 e. The highest BCUT2D eigenvalue weighted by Gasteiger charge is 2.06. The van der Waals surface area contributed by atoms with Crippen molar-refractivity contribution in [3.63, 3.8) is 0 Å². The lowest BCUT2D eigenvalue weighted by Crippen LogP contribution is -2.24. The summed E-state index contributed by atoms with van der Waals surface area (Å²) in [6, 6.07) is 18.3. The number of methoxy groups -OCH3 is 1. The third kappa shape index (κ3) is 6.74. The summed E-state index contributed by atoms with van der Waals surface area (Å²) in [7, 11) is 1.63. The van der Waals surface area contributed by atoms with Crippen LogP contribution >= 0.6 is 11.8 Å². The van der Waals surface area contributed by atoms with E-state index in [1.54, 1.807) is 18.9 Å². The van der Waals surface area contributed by atoms with Crippen molar-refractivity contribution < 1.29 is 14.3 Å². The number of carbonyl (C=O) groups excluding carboxylic acids is 1. The Morgan fingerprint density at radius 2 is 1.75 bits per heavy atom. The molecule has 0 saturated carbocycles. The van der Waals surface area contributed by atoms with Crippen LogP contribution in [0.1, 0.15) is 12.0 Å². The lowest BCUT2D eigenvalue weighted by Gasteiger charge is -2.10. The Morgan fingerprint density at radius 3 is 2.54 bits per heavy atom. The molecule has 1 amide bonds. The van der Waals surface area contributed by atoms with Crippen LogP contribution in [0.15, 0.2) is 64.4 Å². The largest absolute Gasteiger partial charge is 0.382 e. The van der Waals surface area contributed by atoms with Crippen molar-refractivity contribution in [1.82, 2.24) is 5.32 Å².